The van der Waals surface area contributed by atoms with Crippen LogP contribution in [0.15, 0.2) is 17.5 Å². The second kappa shape index (κ2) is 4.55. The molecule has 2 atom stereocenters. The average molecular weight is 239 g/mol. The first-order valence-electron chi connectivity index (χ1n) is 5.50. The van der Waals surface area contributed by atoms with Gasteiger partial charge in [0.05, 0.1) is 7.11 Å². The molecule has 1 saturated heterocycles. The molecule has 4 heteroatoms. The van der Waals surface area contributed by atoms with Crippen LogP contribution >= 0.6 is 11.3 Å². The Kier molecular flexibility index (Phi) is 3.30. The van der Waals surface area contributed by atoms with Gasteiger partial charge >= 0.3 is 5.97 Å². The smallest absolute Gasteiger partial charge is 0.325 e. The van der Waals surface area contributed by atoms with E-state index in [1.165, 1.54) is 12.0 Å². The first-order valence-corrected chi connectivity index (χ1v) is 6.38. The van der Waals surface area contributed by atoms with Crippen LogP contribution in [0.3, 0.4) is 0 Å². The first-order chi connectivity index (χ1) is 7.64. The van der Waals surface area contributed by atoms with Crippen LogP contribution in [0.25, 0.3) is 0 Å². The van der Waals surface area contributed by atoms with E-state index in [4.69, 9.17) is 4.74 Å². The highest BCUT2D eigenvalue weighted by atomic mass is 32.1. The summed E-state index contributed by atoms with van der Waals surface area (Å²) in [5.41, 5.74) is -0.489. The summed E-state index contributed by atoms with van der Waals surface area (Å²) in [6, 6.07) is 4.22. The fraction of sp³-hybridized carbons (Fsp3) is 0.583. The molecule has 2 unspecified atom stereocenters. The maximum Gasteiger partial charge on any atom is 0.325 e. The largest absolute Gasteiger partial charge is 0.468 e. The molecule has 1 aromatic heterocycles. The van der Waals surface area contributed by atoms with Crippen molar-refractivity contribution in [2.75, 3.05) is 13.7 Å². The number of esters is 1. The van der Waals surface area contributed by atoms with Gasteiger partial charge in [-0.25, -0.2) is 0 Å². The molecule has 0 spiro atoms. The molecule has 88 valence electrons. The molecule has 3 nitrogen and oxygen atoms in total. The summed E-state index contributed by atoms with van der Waals surface area (Å²) in [4.78, 5) is 13.0. The second-order valence-corrected chi connectivity index (χ2v) is 5.59. The number of carbonyl (C=O) groups excluding carboxylic acids is 1. The maximum absolute atomic E-state index is 11.6. The monoisotopic (exact) mass is 239 g/mol. The minimum Gasteiger partial charge on any atom is -0.468 e. The van der Waals surface area contributed by atoms with Crippen molar-refractivity contribution in [3.8, 4) is 0 Å². The van der Waals surface area contributed by atoms with E-state index in [2.05, 4.69) is 22.8 Å². The van der Waals surface area contributed by atoms with Gasteiger partial charge in [0.2, 0.25) is 0 Å². The van der Waals surface area contributed by atoms with Gasteiger partial charge in [-0.1, -0.05) is 6.07 Å². The number of ether oxygens (including phenoxy) is 1. The summed E-state index contributed by atoms with van der Waals surface area (Å²) < 4.78 is 4.82. The Balaban J connectivity index is 1.95. The highest BCUT2D eigenvalue weighted by molar-refractivity contribution is 7.09. The molecule has 0 aromatic carbocycles. The van der Waals surface area contributed by atoms with Gasteiger partial charge in [-0.2, -0.15) is 0 Å². The first kappa shape index (κ1) is 11.6. The minimum atomic E-state index is -0.489. The second-order valence-electron chi connectivity index (χ2n) is 4.56. The number of carbonyl (C=O) groups is 1. The Bertz CT molecular complexity index is 363. The van der Waals surface area contributed by atoms with Gasteiger partial charge in [0, 0.05) is 4.88 Å². The van der Waals surface area contributed by atoms with Gasteiger partial charge in [0.25, 0.3) is 0 Å². The lowest BCUT2D eigenvalue weighted by atomic mass is 9.92. The Morgan fingerprint density at radius 2 is 2.56 bits per heavy atom. The third-order valence-electron chi connectivity index (χ3n) is 3.18. The summed E-state index contributed by atoms with van der Waals surface area (Å²) >= 11 is 1.78. The Morgan fingerprint density at radius 3 is 3.19 bits per heavy atom. The van der Waals surface area contributed by atoms with E-state index in [0.717, 1.165) is 19.4 Å². The number of thiophene rings is 1. The van der Waals surface area contributed by atoms with Crippen molar-refractivity contribution in [2.45, 2.75) is 25.3 Å². The Labute approximate surface area is 99.8 Å². The van der Waals surface area contributed by atoms with Gasteiger partial charge in [0.1, 0.15) is 5.54 Å². The van der Waals surface area contributed by atoms with E-state index < -0.39 is 5.54 Å². The number of methoxy groups -OCH3 is 1. The topological polar surface area (TPSA) is 38.3 Å². The molecule has 0 amide bonds. The minimum absolute atomic E-state index is 0.152. The third kappa shape index (κ3) is 2.28. The van der Waals surface area contributed by atoms with Crippen molar-refractivity contribution in [3.05, 3.63) is 22.4 Å². The van der Waals surface area contributed by atoms with Crippen LogP contribution in [0, 0.1) is 5.92 Å². The van der Waals surface area contributed by atoms with E-state index in [-0.39, 0.29) is 5.97 Å². The zero-order valence-corrected chi connectivity index (χ0v) is 10.5. The van der Waals surface area contributed by atoms with Crippen molar-refractivity contribution in [1.29, 1.82) is 0 Å². The summed E-state index contributed by atoms with van der Waals surface area (Å²) in [5.74, 6) is 0.379. The molecule has 2 heterocycles. The average Bonchev–Trinajstić information content (AvgIpc) is 2.89. The quantitative estimate of drug-likeness (QED) is 0.818. The predicted octanol–water partition coefficient (Wildman–Crippen LogP) is 1.83. The molecule has 1 fully saturated rings. The van der Waals surface area contributed by atoms with E-state index in [0.29, 0.717) is 5.92 Å². The summed E-state index contributed by atoms with van der Waals surface area (Å²) in [6.07, 6.45) is 1.91. The number of hydrogen-bond acceptors (Lipinski definition) is 4. The number of rotatable bonds is 3. The molecule has 1 aliphatic rings. The fourth-order valence-corrected chi connectivity index (χ4v) is 3.15. The van der Waals surface area contributed by atoms with Crippen LogP contribution in [-0.2, 0) is 16.0 Å². The van der Waals surface area contributed by atoms with E-state index in [1.807, 2.05) is 6.92 Å². The third-order valence-corrected chi connectivity index (χ3v) is 4.08. The molecule has 1 N–H and O–H groups in total. The zero-order chi connectivity index (χ0) is 11.6. The molecule has 0 saturated carbocycles. The molecular formula is C12H17NO2S. The van der Waals surface area contributed by atoms with Gasteiger partial charge in [-0.3, -0.25) is 4.79 Å². The Hall–Kier alpha value is -0.870. The lowest BCUT2D eigenvalue weighted by Crippen LogP contribution is -2.45. The molecule has 0 radical (unpaired) electrons. The van der Waals surface area contributed by atoms with Crippen LogP contribution < -0.4 is 5.32 Å². The molecule has 1 aliphatic heterocycles. The van der Waals surface area contributed by atoms with Gasteiger partial charge < -0.3 is 10.1 Å². The van der Waals surface area contributed by atoms with Crippen LogP contribution in [0.1, 0.15) is 18.2 Å². The molecule has 0 aliphatic carbocycles. The number of hydrogen-bond donors (Lipinski definition) is 1. The predicted molar refractivity (Wildman–Crippen MR) is 64.6 cm³/mol. The van der Waals surface area contributed by atoms with Gasteiger partial charge in [-0.05, 0) is 43.7 Å². The number of nitrogens with one attached hydrogen (secondary N) is 1. The molecular weight excluding hydrogens is 222 g/mol. The molecule has 16 heavy (non-hydrogen) atoms. The molecule has 1 aromatic rings. The highest BCUT2D eigenvalue weighted by Gasteiger charge is 2.41. The SMILES string of the molecule is COC(=O)C1(C)CC(Cc2cccs2)CN1. The summed E-state index contributed by atoms with van der Waals surface area (Å²) in [7, 11) is 1.45. The normalized spacial score (nSPS) is 29.2. The van der Waals surface area contributed by atoms with E-state index in [1.54, 1.807) is 11.3 Å². The standard InChI is InChI=1S/C12H17NO2S/c1-12(11(14)15-2)7-9(8-13-12)6-10-4-3-5-16-10/h3-5,9,13H,6-8H2,1-2H3. The van der Waals surface area contributed by atoms with Gasteiger partial charge in [0.15, 0.2) is 0 Å². The van der Waals surface area contributed by atoms with E-state index in [9.17, 15) is 4.79 Å². The van der Waals surface area contributed by atoms with Gasteiger partial charge in [-0.15, -0.1) is 11.3 Å². The van der Waals surface area contributed by atoms with Crippen LogP contribution in [0.5, 0.6) is 0 Å². The summed E-state index contributed by atoms with van der Waals surface area (Å²) in [5, 5.41) is 5.37. The summed E-state index contributed by atoms with van der Waals surface area (Å²) in [6.45, 7) is 2.82. The molecule has 0 bridgehead atoms. The van der Waals surface area contributed by atoms with Crippen molar-refractivity contribution < 1.29 is 9.53 Å². The van der Waals surface area contributed by atoms with Crippen molar-refractivity contribution in [2.24, 2.45) is 5.92 Å². The van der Waals surface area contributed by atoms with Crippen LogP contribution in [0.4, 0.5) is 0 Å². The Morgan fingerprint density at radius 1 is 1.75 bits per heavy atom. The zero-order valence-electron chi connectivity index (χ0n) is 9.66. The van der Waals surface area contributed by atoms with Crippen molar-refractivity contribution >= 4 is 17.3 Å². The van der Waals surface area contributed by atoms with E-state index >= 15 is 0 Å². The van der Waals surface area contributed by atoms with Crippen LogP contribution in [-0.4, -0.2) is 25.2 Å². The van der Waals surface area contributed by atoms with Crippen LogP contribution in [0.2, 0.25) is 0 Å². The fourth-order valence-electron chi connectivity index (χ4n) is 2.33. The highest BCUT2D eigenvalue weighted by Crippen LogP contribution is 2.28. The lowest BCUT2D eigenvalue weighted by Gasteiger charge is -2.20. The van der Waals surface area contributed by atoms with Crippen molar-refractivity contribution in [3.63, 3.8) is 0 Å². The molecule has 2 rings (SSSR count). The maximum atomic E-state index is 11.6. The lowest BCUT2D eigenvalue weighted by molar-refractivity contribution is -0.147. The van der Waals surface area contributed by atoms with Crippen molar-refractivity contribution in [1.82, 2.24) is 5.32 Å².